The molecule has 1 amide bonds. The minimum Gasteiger partial charge on any atom is -0.494 e. The Morgan fingerprint density at radius 3 is 2.64 bits per heavy atom. The molecule has 8 heteroatoms. The van der Waals surface area contributed by atoms with Gasteiger partial charge in [0.2, 0.25) is 5.91 Å². The number of carbonyl (C=O) groups excluding carboxylic acids is 1. The van der Waals surface area contributed by atoms with Crippen LogP contribution in [0, 0.1) is 10.1 Å². The molecule has 0 unspecified atom stereocenters. The van der Waals surface area contributed by atoms with E-state index in [2.05, 4.69) is 5.32 Å². The maximum atomic E-state index is 12.0. The van der Waals surface area contributed by atoms with Crippen LogP contribution < -0.4 is 10.1 Å². The summed E-state index contributed by atoms with van der Waals surface area (Å²) in [6.07, 6.45) is 2.78. The molecule has 0 radical (unpaired) electrons. The molecule has 0 fully saturated rings. The fourth-order valence-electron chi connectivity index (χ4n) is 1.99. The fraction of sp³-hybridized carbons (Fsp3) is 0.118. The van der Waals surface area contributed by atoms with Crippen molar-refractivity contribution in [2.24, 2.45) is 0 Å². The van der Waals surface area contributed by atoms with E-state index in [1.807, 2.05) is 0 Å². The van der Waals surface area contributed by atoms with Gasteiger partial charge in [0, 0.05) is 6.08 Å². The topological polar surface area (TPSA) is 81.5 Å². The van der Waals surface area contributed by atoms with Gasteiger partial charge in [-0.25, -0.2) is 0 Å². The summed E-state index contributed by atoms with van der Waals surface area (Å²) in [4.78, 5) is 22.6. The van der Waals surface area contributed by atoms with E-state index >= 15 is 0 Å². The highest BCUT2D eigenvalue weighted by molar-refractivity contribution is 6.42. The second-order valence-corrected chi connectivity index (χ2v) is 5.68. The first kappa shape index (κ1) is 18.8. The molecule has 0 atom stereocenters. The van der Waals surface area contributed by atoms with Crippen LogP contribution in [0.2, 0.25) is 10.0 Å². The molecule has 0 saturated heterocycles. The number of nitrogens with one attached hydrogen (secondary N) is 1. The van der Waals surface area contributed by atoms with Gasteiger partial charge in [-0.3, -0.25) is 14.9 Å². The van der Waals surface area contributed by atoms with Gasteiger partial charge in [-0.1, -0.05) is 29.3 Å². The average Bonchev–Trinajstić information content (AvgIpc) is 2.57. The number of nitrogens with zero attached hydrogens (tertiary/aromatic N) is 1. The predicted molar refractivity (Wildman–Crippen MR) is 98.4 cm³/mol. The van der Waals surface area contributed by atoms with E-state index in [4.69, 9.17) is 27.9 Å². The Hall–Kier alpha value is -2.57. The van der Waals surface area contributed by atoms with Crippen LogP contribution in [0.4, 0.5) is 11.4 Å². The lowest BCUT2D eigenvalue weighted by Gasteiger charge is -2.07. The van der Waals surface area contributed by atoms with E-state index in [1.165, 1.54) is 24.3 Å². The van der Waals surface area contributed by atoms with E-state index in [0.717, 1.165) is 0 Å². The predicted octanol–water partition coefficient (Wildman–Crippen LogP) is 4.95. The van der Waals surface area contributed by atoms with Crippen LogP contribution in [-0.4, -0.2) is 17.4 Å². The second kappa shape index (κ2) is 8.50. The number of anilines is 1. The Balaban J connectivity index is 2.15. The zero-order chi connectivity index (χ0) is 18.4. The Labute approximate surface area is 154 Å². The molecule has 0 spiro atoms. The van der Waals surface area contributed by atoms with Crippen molar-refractivity contribution in [3.63, 3.8) is 0 Å². The highest BCUT2D eigenvalue weighted by atomic mass is 35.5. The van der Waals surface area contributed by atoms with Crippen LogP contribution in [-0.2, 0) is 4.79 Å². The van der Waals surface area contributed by atoms with Crippen LogP contribution in [0.15, 0.2) is 42.5 Å². The molecule has 130 valence electrons. The van der Waals surface area contributed by atoms with E-state index in [-0.39, 0.29) is 11.4 Å². The number of hydrogen-bond acceptors (Lipinski definition) is 4. The molecule has 0 bridgehead atoms. The molecule has 6 nitrogen and oxygen atoms in total. The van der Waals surface area contributed by atoms with Crippen molar-refractivity contribution < 1.29 is 14.5 Å². The number of amides is 1. The molecule has 2 aromatic carbocycles. The highest BCUT2D eigenvalue weighted by Crippen LogP contribution is 2.29. The maximum absolute atomic E-state index is 12.0. The lowest BCUT2D eigenvalue weighted by atomic mass is 10.2. The molecular formula is C17H14Cl2N2O4. The summed E-state index contributed by atoms with van der Waals surface area (Å²) in [6.45, 7) is 2.16. The monoisotopic (exact) mass is 380 g/mol. The summed E-state index contributed by atoms with van der Waals surface area (Å²) < 4.78 is 5.23. The van der Waals surface area contributed by atoms with Crippen molar-refractivity contribution in [2.75, 3.05) is 11.9 Å². The highest BCUT2D eigenvalue weighted by Gasteiger charge is 2.16. The van der Waals surface area contributed by atoms with Gasteiger partial charge in [-0.2, -0.15) is 0 Å². The fourth-order valence-corrected chi connectivity index (χ4v) is 2.29. The van der Waals surface area contributed by atoms with Gasteiger partial charge in [0.25, 0.3) is 5.69 Å². The van der Waals surface area contributed by atoms with Gasteiger partial charge in [0.1, 0.15) is 11.4 Å². The third-order valence-corrected chi connectivity index (χ3v) is 3.84. The largest absolute Gasteiger partial charge is 0.494 e. The van der Waals surface area contributed by atoms with E-state index in [0.29, 0.717) is 28.0 Å². The second-order valence-electron chi connectivity index (χ2n) is 4.87. The first-order valence-corrected chi connectivity index (χ1v) is 8.01. The van der Waals surface area contributed by atoms with Gasteiger partial charge in [-0.15, -0.1) is 0 Å². The van der Waals surface area contributed by atoms with Crippen LogP contribution >= 0.6 is 23.2 Å². The lowest BCUT2D eigenvalue weighted by molar-refractivity contribution is -0.384. The summed E-state index contributed by atoms with van der Waals surface area (Å²) in [5.74, 6) is -0.156. The van der Waals surface area contributed by atoms with Gasteiger partial charge < -0.3 is 10.1 Å². The Kier molecular flexibility index (Phi) is 6.38. The van der Waals surface area contributed by atoms with Crippen molar-refractivity contribution in [1.29, 1.82) is 0 Å². The maximum Gasteiger partial charge on any atom is 0.296 e. The molecule has 0 aromatic heterocycles. The van der Waals surface area contributed by atoms with Gasteiger partial charge in [-0.05, 0) is 42.8 Å². The summed E-state index contributed by atoms with van der Waals surface area (Å²) in [5.41, 5.74) is 0.505. The van der Waals surface area contributed by atoms with Crippen LogP contribution in [0.3, 0.4) is 0 Å². The van der Waals surface area contributed by atoms with E-state index in [1.54, 1.807) is 31.2 Å². The summed E-state index contributed by atoms with van der Waals surface area (Å²) in [5, 5.41) is 14.4. The van der Waals surface area contributed by atoms with E-state index < -0.39 is 10.8 Å². The molecule has 0 aliphatic carbocycles. The number of ether oxygens (including phenoxy) is 1. The first-order chi connectivity index (χ1) is 11.9. The minimum absolute atomic E-state index is 0.0808. The van der Waals surface area contributed by atoms with Crippen molar-refractivity contribution in [3.05, 3.63) is 68.2 Å². The molecule has 1 N–H and O–H groups in total. The molecule has 25 heavy (non-hydrogen) atoms. The number of benzene rings is 2. The van der Waals surface area contributed by atoms with Crippen molar-refractivity contribution in [1.82, 2.24) is 0 Å². The number of halogens is 2. The summed E-state index contributed by atoms with van der Waals surface area (Å²) in [7, 11) is 0. The summed E-state index contributed by atoms with van der Waals surface area (Å²) >= 11 is 11.7. The summed E-state index contributed by atoms with van der Waals surface area (Å²) in [6, 6.07) is 9.15. The van der Waals surface area contributed by atoms with Crippen LogP contribution in [0.1, 0.15) is 12.5 Å². The number of carbonyl (C=O) groups is 1. The number of rotatable bonds is 6. The number of hydrogen-bond donors (Lipinski definition) is 1. The molecular weight excluding hydrogens is 367 g/mol. The molecule has 0 aliphatic heterocycles. The van der Waals surface area contributed by atoms with Gasteiger partial charge in [0.05, 0.1) is 27.6 Å². The Morgan fingerprint density at radius 1 is 1.24 bits per heavy atom. The van der Waals surface area contributed by atoms with Crippen molar-refractivity contribution >= 4 is 46.6 Å². The third-order valence-electron chi connectivity index (χ3n) is 3.11. The standard InChI is InChI=1S/C17H14Cl2N2O4/c1-2-25-12-5-7-15(16(10-12)21(23)24)20-17(22)8-4-11-3-6-13(18)14(19)9-11/h3-10H,2H2,1H3,(H,20,22)/b8-4+. The molecule has 2 rings (SSSR count). The third kappa shape index (κ3) is 5.20. The van der Waals surface area contributed by atoms with Gasteiger partial charge >= 0.3 is 0 Å². The molecule has 0 saturated carbocycles. The zero-order valence-corrected chi connectivity index (χ0v) is 14.7. The molecule has 0 aliphatic rings. The van der Waals surface area contributed by atoms with Crippen LogP contribution in [0.5, 0.6) is 5.75 Å². The van der Waals surface area contributed by atoms with Crippen molar-refractivity contribution in [3.8, 4) is 5.75 Å². The minimum atomic E-state index is -0.583. The normalized spacial score (nSPS) is 10.7. The van der Waals surface area contributed by atoms with Gasteiger partial charge in [0.15, 0.2) is 0 Å². The number of nitro groups is 1. The quantitative estimate of drug-likeness (QED) is 0.436. The zero-order valence-electron chi connectivity index (χ0n) is 13.2. The Morgan fingerprint density at radius 2 is 2.00 bits per heavy atom. The van der Waals surface area contributed by atoms with Crippen LogP contribution in [0.25, 0.3) is 6.08 Å². The lowest BCUT2D eigenvalue weighted by Crippen LogP contribution is -2.09. The SMILES string of the molecule is CCOc1ccc(NC(=O)/C=C/c2ccc(Cl)c(Cl)c2)c([N+](=O)[O-])c1. The number of nitro benzene ring substituents is 1. The molecule has 0 heterocycles. The average molecular weight is 381 g/mol. The van der Waals surface area contributed by atoms with E-state index in [9.17, 15) is 14.9 Å². The van der Waals surface area contributed by atoms with Crippen molar-refractivity contribution in [2.45, 2.75) is 6.92 Å². The smallest absolute Gasteiger partial charge is 0.296 e. The Bertz CT molecular complexity index is 837. The molecule has 2 aromatic rings. The first-order valence-electron chi connectivity index (χ1n) is 7.26.